The average molecular weight is 373 g/mol. The van der Waals surface area contributed by atoms with Crippen LogP contribution in [-0.4, -0.2) is 49.1 Å². The Hall–Kier alpha value is -2.74. The van der Waals surface area contributed by atoms with Gasteiger partial charge in [-0.05, 0) is 36.2 Å². The molecule has 1 saturated heterocycles. The smallest absolute Gasteiger partial charge is 0.245 e. The molecule has 1 fully saturated rings. The molecular weight excluding hydrogens is 349 g/mol. The normalized spacial score (nSPS) is 14.5. The maximum absolute atomic E-state index is 14.0. The van der Waals surface area contributed by atoms with E-state index in [1.54, 1.807) is 6.21 Å². The van der Waals surface area contributed by atoms with Crippen LogP contribution in [0.25, 0.3) is 0 Å². The third kappa shape index (κ3) is 5.62. The number of hydrogen-bond donors (Lipinski definition) is 1. The Labute approximate surface area is 158 Å². The molecule has 1 aromatic heterocycles. The van der Waals surface area contributed by atoms with E-state index in [0.717, 1.165) is 37.0 Å². The summed E-state index contributed by atoms with van der Waals surface area (Å²) < 4.78 is 24.9. The highest BCUT2D eigenvalue weighted by Crippen LogP contribution is 2.18. The van der Waals surface area contributed by atoms with Crippen LogP contribution in [0.5, 0.6) is 5.75 Å². The van der Waals surface area contributed by atoms with Gasteiger partial charge in [-0.1, -0.05) is 13.3 Å². The molecule has 3 rings (SSSR count). The topological polar surface area (TPSA) is 71.9 Å². The number of nitrogens with zero attached hydrogens (tertiary/aromatic N) is 4. The number of benzene rings is 1. The number of ether oxygens (including phenoxy) is 2. The van der Waals surface area contributed by atoms with Crippen molar-refractivity contribution in [2.45, 2.75) is 19.8 Å². The highest BCUT2D eigenvalue weighted by Gasteiger charge is 2.17. The molecule has 0 bridgehead atoms. The van der Waals surface area contributed by atoms with Crippen molar-refractivity contribution in [3.63, 3.8) is 0 Å². The number of hydrogen-bond acceptors (Lipinski definition) is 7. The summed E-state index contributed by atoms with van der Waals surface area (Å²) in [5, 5.41) is 4.13. The Bertz CT molecular complexity index is 748. The molecule has 0 saturated carbocycles. The second-order valence-corrected chi connectivity index (χ2v) is 6.11. The van der Waals surface area contributed by atoms with Gasteiger partial charge in [-0.2, -0.15) is 10.1 Å². The number of unbranched alkanes of at least 4 members (excludes halogenated alkanes) is 1. The van der Waals surface area contributed by atoms with E-state index >= 15 is 0 Å². The van der Waals surface area contributed by atoms with Gasteiger partial charge in [0.05, 0.1) is 32.2 Å². The molecule has 144 valence electrons. The maximum atomic E-state index is 14.0. The molecule has 0 atom stereocenters. The van der Waals surface area contributed by atoms with Crippen LogP contribution >= 0.6 is 0 Å². The molecule has 1 aliphatic heterocycles. The third-order valence-electron chi connectivity index (χ3n) is 4.06. The standard InChI is InChI=1S/C19H24FN5O2/c1-2-3-10-27-16-6-4-15(5-7-16)13-22-24-19-21-14-17(20)18(23-19)25-8-11-26-12-9-25/h4-7,13-14H,2-3,8-12H2,1H3,(H,21,23,24)/b22-13-. The van der Waals surface area contributed by atoms with Crippen LogP contribution in [0, 0.1) is 5.82 Å². The molecule has 27 heavy (non-hydrogen) atoms. The fraction of sp³-hybridized carbons (Fsp3) is 0.421. The van der Waals surface area contributed by atoms with Crippen molar-refractivity contribution < 1.29 is 13.9 Å². The molecule has 8 heteroatoms. The van der Waals surface area contributed by atoms with Crippen LogP contribution < -0.4 is 15.1 Å². The van der Waals surface area contributed by atoms with Crippen LogP contribution in [-0.2, 0) is 4.74 Å². The summed E-state index contributed by atoms with van der Waals surface area (Å²) in [6, 6.07) is 7.64. The van der Waals surface area contributed by atoms with E-state index in [4.69, 9.17) is 9.47 Å². The zero-order valence-electron chi connectivity index (χ0n) is 15.4. The first-order chi connectivity index (χ1) is 13.3. The molecule has 0 spiro atoms. The quantitative estimate of drug-likeness (QED) is 0.436. The van der Waals surface area contributed by atoms with E-state index < -0.39 is 5.82 Å². The summed E-state index contributed by atoms with van der Waals surface area (Å²) in [7, 11) is 0. The average Bonchev–Trinajstić information content (AvgIpc) is 2.71. The number of rotatable bonds is 8. The lowest BCUT2D eigenvalue weighted by molar-refractivity contribution is 0.122. The van der Waals surface area contributed by atoms with E-state index in [1.807, 2.05) is 29.2 Å². The molecule has 1 aromatic carbocycles. The lowest BCUT2D eigenvalue weighted by Crippen LogP contribution is -2.37. The minimum absolute atomic E-state index is 0.244. The minimum atomic E-state index is -0.454. The number of halogens is 1. The van der Waals surface area contributed by atoms with Crippen LogP contribution in [0.3, 0.4) is 0 Å². The lowest BCUT2D eigenvalue weighted by Gasteiger charge is -2.27. The molecule has 0 amide bonds. The van der Waals surface area contributed by atoms with Gasteiger partial charge in [0.2, 0.25) is 5.95 Å². The van der Waals surface area contributed by atoms with Crippen LogP contribution in [0.1, 0.15) is 25.3 Å². The first kappa shape index (κ1) is 19.0. The molecule has 7 nitrogen and oxygen atoms in total. The number of hydrazone groups is 1. The van der Waals surface area contributed by atoms with E-state index in [2.05, 4.69) is 27.4 Å². The molecule has 0 aliphatic carbocycles. The summed E-state index contributed by atoms with van der Waals surface area (Å²) in [6.07, 6.45) is 4.95. The van der Waals surface area contributed by atoms with E-state index in [0.29, 0.717) is 26.3 Å². The Morgan fingerprint density at radius 2 is 2.07 bits per heavy atom. The van der Waals surface area contributed by atoms with Gasteiger partial charge in [-0.25, -0.2) is 14.8 Å². The zero-order valence-corrected chi connectivity index (χ0v) is 15.4. The lowest BCUT2D eigenvalue weighted by atomic mass is 10.2. The zero-order chi connectivity index (χ0) is 18.9. The van der Waals surface area contributed by atoms with Gasteiger partial charge in [0, 0.05) is 13.1 Å². The summed E-state index contributed by atoms with van der Waals surface area (Å²) in [5.41, 5.74) is 3.65. The minimum Gasteiger partial charge on any atom is -0.494 e. The van der Waals surface area contributed by atoms with Crippen molar-refractivity contribution >= 4 is 18.0 Å². The van der Waals surface area contributed by atoms with Crippen molar-refractivity contribution in [1.29, 1.82) is 0 Å². The molecule has 2 aromatic rings. The first-order valence-electron chi connectivity index (χ1n) is 9.13. The molecule has 0 unspecified atom stereocenters. The molecular formula is C19H24FN5O2. The summed E-state index contributed by atoms with van der Waals surface area (Å²) in [6.45, 7) is 5.17. The Morgan fingerprint density at radius 3 is 2.81 bits per heavy atom. The summed E-state index contributed by atoms with van der Waals surface area (Å²) in [5.74, 6) is 0.893. The van der Waals surface area contributed by atoms with Crippen LogP contribution in [0.15, 0.2) is 35.6 Å². The number of anilines is 2. The van der Waals surface area contributed by atoms with Gasteiger partial charge in [0.25, 0.3) is 0 Å². The van der Waals surface area contributed by atoms with E-state index in [-0.39, 0.29) is 11.8 Å². The summed E-state index contributed by atoms with van der Waals surface area (Å²) in [4.78, 5) is 9.99. The monoisotopic (exact) mass is 373 g/mol. The number of aromatic nitrogens is 2. The van der Waals surface area contributed by atoms with E-state index in [9.17, 15) is 4.39 Å². The second-order valence-electron chi connectivity index (χ2n) is 6.11. The van der Waals surface area contributed by atoms with Crippen LogP contribution in [0.2, 0.25) is 0 Å². The van der Waals surface area contributed by atoms with Gasteiger partial charge in [0.1, 0.15) is 5.75 Å². The second kappa shape index (κ2) is 9.82. The van der Waals surface area contributed by atoms with Crippen molar-refractivity contribution in [3.8, 4) is 5.75 Å². The maximum Gasteiger partial charge on any atom is 0.245 e. The predicted molar refractivity (Wildman–Crippen MR) is 103 cm³/mol. The van der Waals surface area contributed by atoms with Crippen LogP contribution in [0.4, 0.5) is 16.2 Å². The fourth-order valence-corrected chi connectivity index (χ4v) is 2.56. The van der Waals surface area contributed by atoms with Gasteiger partial charge in [-0.15, -0.1) is 0 Å². The molecule has 1 aliphatic rings. The first-order valence-corrected chi connectivity index (χ1v) is 9.13. The Morgan fingerprint density at radius 1 is 1.30 bits per heavy atom. The van der Waals surface area contributed by atoms with Crippen molar-refractivity contribution in [3.05, 3.63) is 41.8 Å². The molecule has 1 N–H and O–H groups in total. The number of morpholine rings is 1. The van der Waals surface area contributed by atoms with Gasteiger partial charge < -0.3 is 14.4 Å². The molecule has 2 heterocycles. The highest BCUT2D eigenvalue weighted by molar-refractivity contribution is 5.80. The third-order valence-corrected chi connectivity index (χ3v) is 4.06. The summed E-state index contributed by atoms with van der Waals surface area (Å²) >= 11 is 0. The van der Waals surface area contributed by atoms with Crippen molar-refractivity contribution in [2.75, 3.05) is 43.2 Å². The van der Waals surface area contributed by atoms with Gasteiger partial charge in [-0.3, -0.25) is 0 Å². The Balaban J connectivity index is 1.57. The van der Waals surface area contributed by atoms with Crippen molar-refractivity contribution in [1.82, 2.24) is 9.97 Å². The highest BCUT2D eigenvalue weighted by atomic mass is 19.1. The van der Waals surface area contributed by atoms with Crippen molar-refractivity contribution in [2.24, 2.45) is 5.10 Å². The van der Waals surface area contributed by atoms with Gasteiger partial charge in [0.15, 0.2) is 11.6 Å². The van der Waals surface area contributed by atoms with Gasteiger partial charge >= 0.3 is 0 Å². The Kier molecular flexibility index (Phi) is 6.92. The largest absolute Gasteiger partial charge is 0.494 e. The fourth-order valence-electron chi connectivity index (χ4n) is 2.56. The molecule has 0 radical (unpaired) electrons. The SMILES string of the molecule is CCCCOc1ccc(/C=N\Nc2ncc(F)c(N3CCOCC3)n2)cc1. The van der Waals surface area contributed by atoms with E-state index in [1.165, 1.54) is 0 Å². The number of nitrogens with one attached hydrogen (secondary N) is 1. The predicted octanol–water partition coefficient (Wildman–Crippen LogP) is 3.08.